The average molecular weight is 296 g/mol. The molecule has 1 atom stereocenters. The van der Waals surface area contributed by atoms with Gasteiger partial charge in [-0.05, 0) is 50.9 Å². The first-order valence-electron chi connectivity index (χ1n) is 6.58. The highest BCUT2D eigenvalue weighted by Gasteiger charge is 2.24. The topological polar surface area (TPSA) is 87.1 Å². The maximum Gasteiger partial charge on any atom is 0.327 e. The number of thiophene rings is 1. The lowest BCUT2D eigenvalue weighted by molar-refractivity contribution is -0.145. The van der Waals surface area contributed by atoms with Crippen molar-refractivity contribution in [3.05, 3.63) is 31.8 Å². The molecule has 20 heavy (non-hydrogen) atoms. The van der Waals surface area contributed by atoms with E-state index in [4.69, 9.17) is 10.3 Å². The Hall–Kier alpha value is -1.56. The SMILES string of the molecule is CCOC(=O)C(NCCCN=[N+]=[N-])c1cc(C)sc1C. The molecule has 1 rings (SSSR count). The fourth-order valence-corrected chi connectivity index (χ4v) is 2.89. The Labute approximate surface area is 122 Å². The van der Waals surface area contributed by atoms with Gasteiger partial charge < -0.3 is 10.1 Å². The molecule has 6 nitrogen and oxygen atoms in total. The van der Waals surface area contributed by atoms with E-state index in [1.54, 1.807) is 18.3 Å². The Morgan fingerprint density at radius 2 is 2.35 bits per heavy atom. The van der Waals surface area contributed by atoms with Gasteiger partial charge in [-0.15, -0.1) is 11.3 Å². The highest BCUT2D eigenvalue weighted by Crippen LogP contribution is 2.27. The molecule has 0 bridgehead atoms. The van der Waals surface area contributed by atoms with Crippen molar-refractivity contribution in [1.82, 2.24) is 5.32 Å². The lowest BCUT2D eigenvalue weighted by Gasteiger charge is -2.17. The van der Waals surface area contributed by atoms with Crippen LogP contribution in [0.25, 0.3) is 10.4 Å². The van der Waals surface area contributed by atoms with E-state index in [-0.39, 0.29) is 5.97 Å². The van der Waals surface area contributed by atoms with Crippen molar-refractivity contribution in [2.75, 3.05) is 19.7 Å². The summed E-state index contributed by atoms with van der Waals surface area (Å²) in [6.45, 7) is 7.18. The zero-order valence-electron chi connectivity index (χ0n) is 12.0. The van der Waals surface area contributed by atoms with Crippen LogP contribution in [0, 0.1) is 13.8 Å². The number of nitrogens with one attached hydrogen (secondary N) is 1. The van der Waals surface area contributed by atoms with Crippen LogP contribution < -0.4 is 5.32 Å². The fourth-order valence-electron chi connectivity index (χ4n) is 1.92. The summed E-state index contributed by atoms with van der Waals surface area (Å²) in [6.07, 6.45) is 0.683. The molecule has 1 N–H and O–H groups in total. The molecular formula is C13H20N4O2S. The van der Waals surface area contributed by atoms with Crippen LogP contribution in [0.15, 0.2) is 11.2 Å². The molecule has 0 radical (unpaired) electrons. The number of carbonyl (C=O) groups excluding carboxylic acids is 1. The maximum absolute atomic E-state index is 12.1. The first-order valence-corrected chi connectivity index (χ1v) is 7.39. The van der Waals surface area contributed by atoms with Crippen LogP contribution in [0.4, 0.5) is 0 Å². The molecule has 0 aromatic carbocycles. The number of hydrogen-bond donors (Lipinski definition) is 1. The van der Waals surface area contributed by atoms with Gasteiger partial charge in [0, 0.05) is 21.2 Å². The predicted molar refractivity (Wildman–Crippen MR) is 79.8 cm³/mol. The third kappa shape index (κ3) is 4.85. The van der Waals surface area contributed by atoms with E-state index in [1.807, 2.05) is 19.9 Å². The molecule has 0 saturated heterocycles. The minimum atomic E-state index is -0.453. The van der Waals surface area contributed by atoms with Crippen molar-refractivity contribution in [2.45, 2.75) is 33.2 Å². The number of nitrogens with zero attached hydrogens (tertiary/aromatic N) is 3. The molecule has 110 valence electrons. The van der Waals surface area contributed by atoms with E-state index in [0.717, 1.165) is 10.4 Å². The van der Waals surface area contributed by atoms with Crippen LogP contribution in [-0.2, 0) is 9.53 Å². The molecule has 0 amide bonds. The molecule has 1 heterocycles. The molecule has 0 fully saturated rings. The van der Waals surface area contributed by atoms with Crippen molar-refractivity contribution in [3.63, 3.8) is 0 Å². The molecule has 0 aliphatic carbocycles. The molecule has 0 aliphatic heterocycles. The summed E-state index contributed by atoms with van der Waals surface area (Å²) in [5.41, 5.74) is 9.18. The van der Waals surface area contributed by atoms with Gasteiger partial charge in [0.05, 0.1) is 6.61 Å². The van der Waals surface area contributed by atoms with Gasteiger partial charge in [-0.1, -0.05) is 5.11 Å². The third-order valence-electron chi connectivity index (χ3n) is 2.76. The summed E-state index contributed by atoms with van der Waals surface area (Å²) in [5, 5.41) is 6.65. The van der Waals surface area contributed by atoms with Crippen LogP contribution in [0.2, 0.25) is 0 Å². The van der Waals surface area contributed by atoms with Gasteiger partial charge in [0.25, 0.3) is 0 Å². The average Bonchev–Trinajstić information content (AvgIpc) is 2.73. The molecule has 1 aromatic rings. The highest BCUT2D eigenvalue weighted by atomic mass is 32.1. The summed E-state index contributed by atoms with van der Waals surface area (Å²) in [5.74, 6) is -0.266. The van der Waals surface area contributed by atoms with E-state index < -0.39 is 6.04 Å². The number of rotatable bonds is 8. The standard InChI is InChI=1S/C13H20N4O2S/c1-4-19-13(18)12(15-6-5-7-16-17-14)11-8-9(2)20-10(11)3/h8,12,15H,4-7H2,1-3H3. The molecular weight excluding hydrogens is 276 g/mol. The minimum absolute atomic E-state index is 0.266. The molecule has 7 heteroatoms. The second kappa shape index (κ2) is 8.58. The summed E-state index contributed by atoms with van der Waals surface area (Å²) in [6, 6.07) is 1.56. The summed E-state index contributed by atoms with van der Waals surface area (Å²) in [4.78, 5) is 17.0. The van der Waals surface area contributed by atoms with Crippen LogP contribution in [0.3, 0.4) is 0 Å². The smallest absolute Gasteiger partial charge is 0.327 e. The first-order chi connectivity index (χ1) is 9.60. The zero-order valence-corrected chi connectivity index (χ0v) is 12.9. The molecule has 0 saturated carbocycles. The summed E-state index contributed by atoms with van der Waals surface area (Å²) in [7, 11) is 0. The monoisotopic (exact) mass is 296 g/mol. The Morgan fingerprint density at radius 3 is 2.90 bits per heavy atom. The number of esters is 1. The molecule has 0 spiro atoms. The predicted octanol–water partition coefficient (Wildman–Crippen LogP) is 3.26. The quantitative estimate of drug-likeness (QED) is 0.262. The van der Waals surface area contributed by atoms with Gasteiger partial charge in [-0.3, -0.25) is 0 Å². The van der Waals surface area contributed by atoms with Gasteiger partial charge in [-0.25, -0.2) is 4.79 Å². The second-order valence-corrected chi connectivity index (χ2v) is 5.78. The number of hydrogen-bond acceptors (Lipinski definition) is 5. The highest BCUT2D eigenvalue weighted by molar-refractivity contribution is 7.12. The van der Waals surface area contributed by atoms with Crippen LogP contribution in [-0.4, -0.2) is 25.7 Å². The number of carbonyl (C=O) groups is 1. The zero-order chi connectivity index (χ0) is 15.0. The van der Waals surface area contributed by atoms with E-state index >= 15 is 0 Å². The Kier molecular flexibility index (Phi) is 7.08. The summed E-state index contributed by atoms with van der Waals surface area (Å²) < 4.78 is 5.12. The van der Waals surface area contributed by atoms with Crippen molar-refractivity contribution >= 4 is 17.3 Å². The third-order valence-corrected chi connectivity index (χ3v) is 3.74. The Morgan fingerprint density at radius 1 is 1.60 bits per heavy atom. The van der Waals surface area contributed by atoms with Crippen molar-refractivity contribution in [2.24, 2.45) is 5.11 Å². The normalized spacial score (nSPS) is 11.8. The lowest BCUT2D eigenvalue weighted by Crippen LogP contribution is -2.31. The van der Waals surface area contributed by atoms with Crippen molar-refractivity contribution < 1.29 is 9.53 Å². The van der Waals surface area contributed by atoms with E-state index in [0.29, 0.717) is 26.1 Å². The molecule has 1 unspecified atom stereocenters. The minimum Gasteiger partial charge on any atom is -0.465 e. The number of aryl methyl sites for hydroxylation is 2. The molecule has 1 aromatic heterocycles. The van der Waals surface area contributed by atoms with E-state index in [1.165, 1.54) is 4.88 Å². The Bertz CT molecular complexity index is 495. The second-order valence-electron chi connectivity index (χ2n) is 4.32. The van der Waals surface area contributed by atoms with Gasteiger partial charge >= 0.3 is 5.97 Å². The van der Waals surface area contributed by atoms with Crippen molar-refractivity contribution in [1.29, 1.82) is 0 Å². The van der Waals surface area contributed by atoms with Gasteiger partial charge in [0.15, 0.2) is 0 Å². The summed E-state index contributed by atoms with van der Waals surface area (Å²) >= 11 is 1.67. The Balaban J connectivity index is 2.72. The molecule has 0 aliphatic rings. The van der Waals surface area contributed by atoms with Gasteiger partial charge in [-0.2, -0.15) is 0 Å². The van der Waals surface area contributed by atoms with Crippen molar-refractivity contribution in [3.8, 4) is 0 Å². The van der Waals surface area contributed by atoms with E-state index in [2.05, 4.69) is 15.3 Å². The van der Waals surface area contributed by atoms with Gasteiger partial charge in [0.1, 0.15) is 6.04 Å². The first kappa shape index (κ1) is 16.5. The number of azide groups is 1. The van der Waals surface area contributed by atoms with Crippen LogP contribution >= 0.6 is 11.3 Å². The number of ether oxygens (including phenoxy) is 1. The maximum atomic E-state index is 12.1. The fraction of sp³-hybridized carbons (Fsp3) is 0.615. The lowest BCUT2D eigenvalue weighted by atomic mass is 10.1. The van der Waals surface area contributed by atoms with Gasteiger partial charge in [0.2, 0.25) is 0 Å². The largest absolute Gasteiger partial charge is 0.465 e. The van der Waals surface area contributed by atoms with E-state index in [9.17, 15) is 4.79 Å². The van der Waals surface area contributed by atoms with Crippen LogP contribution in [0.5, 0.6) is 0 Å². The van der Waals surface area contributed by atoms with Crippen LogP contribution in [0.1, 0.15) is 34.7 Å².